The molecule has 206 valence electrons. The van der Waals surface area contributed by atoms with Gasteiger partial charge in [-0.15, -0.1) is 0 Å². The minimum atomic E-state index is -2.36. The molecule has 38 heavy (non-hydrogen) atoms. The maximum Gasteiger partial charge on any atom is 0.361 e. The number of halogens is 3. The van der Waals surface area contributed by atoms with E-state index in [0.717, 1.165) is 6.08 Å². The van der Waals surface area contributed by atoms with E-state index in [1.807, 2.05) is 0 Å². The fraction of sp³-hybridized carbons (Fsp3) is 0.630. The standard InChI is InChI=1S/C27H30F3NO6S/c1-13-7-16-17-10-19(29)18-9-15(32)5-6-24(18,3)26(17,30)21(33)11-25(16,4)27(13,23(35)38-12-28)36-22(34)20-8-14(2)37-31-20/h5-6,8-9,13,16-17,19,21,33H,7,10-12H2,1-4H3/t13-,16+,17+,19+,21+,24+,25+,26+,27+/m1/s1. The number of rotatable bonds is 4. The molecule has 0 radical (unpaired) electrons. The van der Waals surface area contributed by atoms with Crippen LogP contribution in [0.1, 0.15) is 56.3 Å². The number of fused-ring (bicyclic) bond motifs is 5. The molecule has 1 N–H and O–H groups in total. The van der Waals surface area contributed by atoms with Crippen molar-refractivity contribution in [1.82, 2.24) is 5.16 Å². The first-order chi connectivity index (χ1) is 17.8. The highest BCUT2D eigenvalue weighted by Crippen LogP contribution is 2.72. The Bertz CT molecular complexity index is 1270. The lowest BCUT2D eigenvalue weighted by atomic mass is 9.44. The molecule has 4 aliphatic carbocycles. The first-order valence-corrected chi connectivity index (χ1v) is 13.6. The number of aliphatic hydroxyl groups is 1. The number of hydrogen-bond acceptors (Lipinski definition) is 8. The topological polar surface area (TPSA) is 107 Å². The molecule has 5 rings (SSSR count). The lowest BCUT2D eigenvalue weighted by molar-refractivity contribution is -0.221. The van der Waals surface area contributed by atoms with E-state index in [1.165, 1.54) is 25.1 Å². The van der Waals surface area contributed by atoms with Gasteiger partial charge < -0.3 is 14.4 Å². The summed E-state index contributed by atoms with van der Waals surface area (Å²) < 4.78 is 57.5. The Labute approximate surface area is 222 Å². The fourth-order valence-electron chi connectivity index (χ4n) is 8.04. The summed E-state index contributed by atoms with van der Waals surface area (Å²) in [5, 5.41) is 14.4. The molecule has 0 aromatic carbocycles. The Hall–Kier alpha value is -2.40. The van der Waals surface area contributed by atoms with E-state index < -0.39 is 75.0 Å². The highest BCUT2D eigenvalue weighted by molar-refractivity contribution is 8.13. The molecule has 1 aromatic rings. The number of aromatic nitrogens is 1. The van der Waals surface area contributed by atoms with Gasteiger partial charge in [0.2, 0.25) is 5.12 Å². The number of aliphatic hydroxyl groups excluding tert-OH is 1. The number of carbonyl (C=O) groups excluding carboxylic acids is 3. The van der Waals surface area contributed by atoms with Crippen LogP contribution in [0, 0.1) is 35.5 Å². The molecule has 1 heterocycles. The van der Waals surface area contributed by atoms with Crippen LogP contribution in [0.4, 0.5) is 13.2 Å². The van der Waals surface area contributed by atoms with Crippen molar-refractivity contribution in [2.45, 2.75) is 70.5 Å². The number of carbonyl (C=O) groups is 3. The minimum absolute atomic E-state index is 0.0133. The number of ether oxygens (including phenoxy) is 1. The number of ketones is 1. The second-order valence-electron chi connectivity index (χ2n) is 11.5. The summed E-state index contributed by atoms with van der Waals surface area (Å²) in [4.78, 5) is 38.9. The summed E-state index contributed by atoms with van der Waals surface area (Å²) >= 11 is 0.342. The lowest BCUT2D eigenvalue weighted by Gasteiger charge is -2.63. The molecule has 0 aliphatic heterocycles. The molecule has 0 amide bonds. The molecule has 3 fully saturated rings. The Morgan fingerprint density at radius 3 is 2.63 bits per heavy atom. The van der Waals surface area contributed by atoms with Gasteiger partial charge in [-0.05, 0) is 68.5 Å². The Morgan fingerprint density at radius 1 is 1.29 bits per heavy atom. The highest BCUT2D eigenvalue weighted by atomic mass is 32.2. The largest absolute Gasteiger partial charge is 0.444 e. The van der Waals surface area contributed by atoms with Gasteiger partial charge in [0, 0.05) is 28.7 Å². The molecule has 0 unspecified atom stereocenters. The number of alkyl halides is 3. The molecule has 0 spiro atoms. The van der Waals surface area contributed by atoms with Crippen LogP contribution in [0.2, 0.25) is 0 Å². The van der Waals surface area contributed by atoms with E-state index in [-0.39, 0.29) is 30.5 Å². The van der Waals surface area contributed by atoms with E-state index >= 15 is 8.78 Å². The van der Waals surface area contributed by atoms with Gasteiger partial charge in [-0.2, -0.15) is 0 Å². The van der Waals surface area contributed by atoms with Crippen LogP contribution in [-0.2, 0) is 14.3 Å². The van der Waals surface area contributed by atoms with Crippen LogP contribution in [0.15, 0.2) is 34.4 Å². The molecule has 0 saturated heterocycles. The number of nitrogens with zero attached hydrogens (tertiary/aromatic N) is 1. The first kappa shape index (κ1) is 27.2. The molecule has 9 atom stereocenters. The Kier molecular flexibility index (Phi) is 6.30. The van der Waals surface area contributed by atoms with E-state index in [2.05, 4.69) is 5.16 Å². The zero-order valence-electron chi connectivity index (χ0n) is 21.5. The van der Waals surface area contributed by atoms with E-state index in [9.17, 15) is 23.9 Å². The van der Waals surface area contributed by atoms with Crippen LogP contribution in [0.25, 0.3) is 0 Å². The molecule has 1 aromatic heterocycles. The third-order valence-corrected chi connectivity index (χ3v) is 10.4. The van der Waals surface area contributed by atoms with Crippen molar-refractivity contribution >= 4 is 28.6 Å². The van der Waals surface area contributed by atoms with E-state index in [0.29, 0.717) is 17.5 Å². The maximum absolute atomic E-state index is 17.4. The van der Waals surface area contributed by atoms with Gasteiger partial charge in [0.25, 0.3) is 0 Å². The number of hydrogen-bond donors (Lipinski definition) is 1. The molecule has 0 bridgehead atoms. The normalized spacial score (nSPS) is 43.6. The average Bonchev–Trinajstić information content (AvgIpc) is 3.38. The summed E-state index contributed by atoms with van der Waals surface area (Å²) in [6.45, 7) is 6.35. The van der Waals surface area contributed by atoms with Gasteiger partial charge in [0.15, 0.2) is 22.7 Å². The Balaban J connectivity index is 1.63. The van der Waals surface area contributed by atoms with E-state index in [1.54, 1.807) is 20.8 Å². The van der Waals surface area contributed by atoms with Crippen LogP contribution in [-0.4, -0.2) is 56.7 Å². The van der Waals surface area contributed by atoms with Crippen molar-refractivity contribution in [3.8, 4) is 0 Å². The highest BCUT2D eigenvalue weighted by Gasteiger charge is 2.78. The summed E-state index contributed by atoms with van der Waals surface area (Å²) in [5.74, 6) is -3.57. The van der Waals surface area contributed by atoms with Gasteiger partial charge in [0.05, 0.1) is 6.10 Å². The van der Waals surface area contributed by atoms with Crippen molar-refractivity contribution in [3.05, 3.63) is 41.3 Å². The van der Waals surface area contributed by atoms with Crippen LogP contribution in [0.5, 0.6) is 0 Å². The first-order valence-electron chi connectivity index (χ1n) is 12.6. The third-order valence-electron chi connectivity index (χ3n) is 9.75. The molecule has 4 aliphatic rings. The number of esters is 1. The van der Waals surface area contributed by atoms with Crippen molar-refractivity contribution < 1.29 is 41.9 Å². The maximum atomic E-state index is 17.4. The summed E-state index contributed by atoms with van der Waals surface area (Å²) in [7, 11) is 0. The zero-order chi connectivity index (χ0) is 27.8. The molecule has 7 nitrogen and oxygen atoms in total. The molecule has 11 heteroatoms. The number of thioether (sulfide) groups is 1. The molecular formula is C27H30F3NO6S. The molecule has 3 saturated carbocycles. The quantitative estimate of drug-likeness (QED) is 0.538. The zero-order valence-corrected chi connectivity index (χ0v) is 22.3. The minimum Gasteiger partial charge on any atom is -0.444 e. The fourth-order valence-corrected chi connectivity index (χ4v) is 8.83. The van der Waals surface area contributed by atoms with Gasteiger partial charge in [0.1, 0.15) is 17.9 Å². The lowest BCUT2D eigenvalue weighted by Crippen LogP contribution is -2.70. The second-order valence-corrected chi connectivity index (χ2v) is 12.4. The number of aryl methyl sites for hydroxylation is 1. The van der Waals surface area contributed by atoms with Crippen LogP contribution < -0.4 is 0 Å². The average molecular weight is 554 g/mol. The third kappa shape index (κ3) is 3.33. The van der Waals surface area contributed by atoms with Crippen molar-refractivity contribution in [3.63, 3.8) is 0 Å². The van der Waals surface area contributed by atoms with Gasteiger partial charge in [-0.25, -0.2) is 18.0 Å². The number of allylic oxidation sites excluding steroid dienone is 4. The SMILES string of the molecule is Cc1cc(C(=O)O[C@]2(C(=O)SCF)[C@H](C)C[C@H]3[C@@H]4C[C@H](F)C5=CC(=O)C=C[C@]5(C)[C@@]4(F)[C@@H](O)C[C@@]32C)no1. The summed E-state index contributed by atoms with van der Waals surface area (Å²) in [5.41, 5.74) is -7.45. The second kappa shape index (κ2) is 8.81. The smallest absolute Gasteiger partial charge is 0.361 e. The van der Waals surface area contributed by atoms with Gasteiger partial charge >= 0.3 is 5.97 Å². The summed E-state index contributed by atoms with van der Waals surface area (Å²) in [6.07, 6.45) is -0.183. The van der Waals surface area contributed by atoms with Crippen LogP contribution >= 0.6 is 11.8 Å². The predicted molar refractivity (Wildman–Crippen MR) is 131 cm³/mol. The van der Waals surface area contributed by atoms with Crippen LogP contribution in [0.3, 0.4) is 0 Å². The van der Waals surface area contributed by atoms with Crippen molar-refractivity contribution in [2.75, 3.05) is 6.01 Å². The predicted octanol–water partition coefficient (Wildman–Crippen LogP) is 4.63. The van der Waals surface area contributed by atoms with Gasteiger partial charge in [-0.3, -0.25) is 9.59 Å². The van der Waals surface area contributed by atoms with E-state index in [4.69, 9.17) is 9.26 Å². The van der Waals surface area contributed by atoms with Gasteiger partial charge in [-0.1, -0.05) is 25.1 Å². The molecular weight excluding hydrogens is 523 g/mol. The summed E-state index contributed by atoms with van der Waals surface area (Å²) in [6, 6.07) is 0.260. The monoisotopic (exact) mass is 553 g/mol. The van der Waals surface area contributed by atoms with Crippen molar-refractivity contribution in [1.29, 1.82) is 0 Å². The Morgan fingerprint density at radius 2 is 2.00 bits per heavy atom. The van der Waals surface area contributed by atoms with Crippen molar-refractivity contribution in [2.24, 2.45) is 28.6 Å².